The molecule has 0 heterocycles. The maximum Gasteiger partial charge on any atom is 0.0861 e. The molecule has 0 aliphatic rings. The van der Waals surface area contributed by atoms with Gasteiger partial charge in [-0.05, 0) is 40.0 Å². The van der Waals surface area contributed by atoms with Gasteiger partial charge in [-0.25, -0.2) is 0 Å². The van der Waals surface area contributed by atoms with Gasteiger partial charge in [0, 0.05) is 0 Å². The van der Waals surface area contributed by atoms with Gasteiger partial charge < -0.3 is 4.48 Å². The van der Waals surface area contributed by atoms with E-state index in [0.717, 1.165) is 6.04 Å². The fraction of sp³-hybridized carbons (Fsp3) is 1.00. The van der Waals surface area contributed by atoms with Gasteiger partial charge in [-0.1, -0.05) is 136 Å². The summed E-state index contributed by atoms with van der Waals surface area (Å²) in [6, 6.07) is 0.848. The van der Waals surface area contributed by atoms with Crippen molar-refractivity contribution in [2.24, 2.45) is 0 Å². The van der Waals surface area contributed by atoms with E-state index in [2.05, 4.69) is 34.6 Å². The molecule has 1 atom stereocenters. The van der Waals surface area contributed by atoms with Crippen LogP contribution >= 0.6 is 0 Å². The minimum Gasteiger partial charge on any atom is -0.322 e. The molecule has 0 amide bonds. The summed E-state index contributed by atoms with van der Waals surface area (Å²) in [6.07, 6.45) is 32.2. The van der Waals surface area contributed by atoms with Crippen molar-refractivity contribution >= 4 is 0 Å². The number of nitrogens with zero attached hydrogens (tertiary/aromatic N) is 1. The molecule has 0 aromatic carbocycles. The Balaban J connectivity index is 3.33. The van der Waals surface area contributed by atoms with Crippen molar-refractivity contribution in [2.45, 2.75) is 182 Å². The van der Waals surface area contributed by atoms with Crippen LogP contribution in [0.4, 0.5) is 0 Å². The summed E-state index contributed by atoms with van der Waals surface area (Å²) in [6.45, 7) is 15.9. The van der Waals surface area contributed by atoms with Crippen LogP contribution in [0.1, 0.15) is 176 Å². The van der Waals surface area contributed by atoms with Crippen LogP contribution in [0.2, 0.25) is 0 Å². The summed E-state index contributed by atoms with van der Waals surface area (Å²) in [5.41, 5.74) is 0. The topological polar surface area (TPSA) is 0 Å². The molecular formula is C31H66N+. The van der Waals surface area contributed by atoms with Crippen LogP contribution in [0.15, 0.2) is 0 Å². The number of rotatable bonds is 26. The van der Waals surface area contributed by atoms with Crippen LogP contribution in [-0.4, -0.2) is 30.2 Å². The van der Waals surface area contributed by atoms with E-state index in [1.807, 2.05) is 0 Å². The zero-order valence-electron chi connectivity index (χ0n) is 23.7. The second kappa shape index (κ2) is 24.1. The largest absolute Gasteiger partial charge is 0.322 e. The molecule has 1 heteroatoms. The van der Waals surface area contributed by atoms with E-state index in [1.165, 1.54) is 165 Å². The smallest absolute Gasteiger partial charge is 0.0861 e. The fourth-order valence-corrected chi connectivity index (χ4v) is 5.80. The van der Waals surface area contributed by atoms with Crippen molar-refractivity contribution < 1.29 is 4.48 Å². The predicted molar refractivity (Wildman–Crippen MR) is 149 cm³/mol. The van der Waals surface area contributed by atoms with E-state index in [4.69, 9.17) is 0 Å². The molecule has 0 saturated heterocycles. The number of quaternary nitrogens is 1. The van der Waals surface area contributed by atoms with Crippen molar-refractivity contribution in [3.05, 3.63) is 0 Å². The summed E-state index contributed by atoms with van der Waals surface area (Å²) in [7, 11) is 0. The number of hydrogen-bond acceptors (Lipinski definition) is 0. The van der Waals surface area contributed by atoms with E-state index in [0.29, 0.717) is 0 Å². The average molecular weight is 453 g/mol. The Morgan fingerprint density at radius 2 is 0.719 bits per heavy atom. The molecule has 0 aromatic heterocycles. The van der Waals surface area contributed by atoms with Crippen molar-refractivity contribution in [2.75, 3.05) is 19.6 Å². The molecule has 0 N–H and O–H groups in total. The van der Waals surface area contributed by atoms with Crippen LogP contribution in [0.3, 0.4) is 0 Å². The highest BCUT2D eigenvalue weighted by molar-refractivity contribution is 4.57. The maximum atomic E-state index is 2.51. The molecule has 0 rings (SSSR count). The highest BCUT2D eigenvalue weighted by Gasteiger charge is 2.28. The SMILES string of the molecule is CCCCCCCCCCCCCCCCCCCCCCC(C)[N+](CC)(CC)CCC. The molecule has 0 aliphatic carbocycles. The molecule has 0 aliphatic heterocycles. The molecule has 0 spiro atoms. The molecule has 0 saturated carbocycles. The first-order valence-corrected chi connectivity index (χ1v) is 15.5. The first-order valence-electron chi connectivity index (χ1n) is 15.5. The Hall–Kier alpha value is -0.0400. The molecule has 0 fully saturated rings. The summed E-state index contributed by atoms with van der Waals surface area (Å²) >= 11 is 0. The maximum absolute atomic E-state index is 2.51. The fourth-order valence-electron chi connectivity index (χ4n) is 5.80. The summed E-state index contributed by atoms with van der Waals surface area (Å²) in [4.78, 5) is 0. The van der Waals surface area contributed by atoms with Crippen LogP contribution in [0.25, 0.3) is 0 Å². The standard InChI is InChI=1S/C31H66N/c1-6-10-11-12-13-14-15-16-17-18-19-20-21-22-23-24-25-26-27-28-29-31(5)32(8-3,9-4)30-7-2/h31H,6-30H2,1-5H3/q+1. The van der Waals surface area contributed by atoms with Gasteiger partial charge in [-0.2, -0.15) is 0 Å². The third kappa shape index (κ3) is 17.4. The molecule has 1 nitrogen and oxygen atoms in total. The molecule has 0 aromatic rings. The highest BCUT2D eigenvalue weighted by Crippen LogP contribution is 2.21. The summed E-state index contributed by atoms with van der Waals surface area (Å²) < 4.78 is 1.34. The molecule has 0 radical (unpaired) electrons. The third-order valence-electron chi connectivity index (χ3n) is 8.34. The van der Waals surface area contributed by atoms with Crippen LogP contribution in [0.5, 0.6) is 0 Å². The summed E-state index contributed by atoms with van der Waals surface area (Å²) in [5, 5.41) is 0. The Morgan fingerprint density at radius 3 is 1.00 bits per heavy atom. The van der Waals surface area contributed by atoms with Gasteiger partial charge >= 0.3 is 0 Å². The normalized spacial score (nSPS) is 13.0. The zero-order chi connectivity index (χ0) is 23.8. The van der Waals surface area contributed by atoms with Gasteiger partial charge in [0.2, 0.25) is 0 Å². The van der Waals surface area contributed by atoms with Gasteiger partial charge in [0.1, 0.15) is 0 Å². The number of unbranched alkanes of at least 4 members (excludes halogenated alkanes) is 19. The molecule has 32 heavy (non-hydrogen) atoms. The second-order valence-corrected chi connectivity index (χ2v) is 10.9. The van der Waals surface area contributed by atoms with Crippen molar-refractivity contribution in [3.8, 4) is 0 Å². The van der Waals surface area contributed by atoms with Gasteiger partial charge in [0.05, 0.1) is 25.7 Å². The lowest BCUT2D eigenvalue weighted by Gasteiger charge is -2.42. The number of hydrogen-bond donors (Lipinski definition) is 0. The third-order valence-corrected chi connectivity index (χ3v) is 8.34. The first kappa shape index (κ1) is 32.0. The molecule has 1 unspecified atom stereocenters. The Kier molecular flexibility index (Phi) is 24.1. The van der Waals surface area contributed by atoms with Gasteiger partial charge in [-0.3, -0.25) is 0 Å². The molecule has 0 bridgehead atoms. The van der Waals surface area contributed by atoms with Gasteiger partial charge in [-0.15, -0.1) is 0 Å². The van der Waals surface area contributed by atoms with Crippen molar-refractivity contribution in [1.82, 2.24) is 0 Å². The lowest BCUT2D eigenvalue weighted by molar-refractivity contribution is -0.946. The van der Waals surface area contributed by atoms with Crippen molar-refractivity contribution in [1.29, 1.82) is 0 Å². The first-order chi connectivity index (χ1) is 15.7. The lowest BCUT2D eigenvalue weighted by Crippen LogP contribution is -2.54. The molecule has 194 valence electrons. The van der Waals surface area contributed by atoms with E-state index in [1.54, 1.807) is 0 Å². The average Bonchev–Trinajstić information content (AvgIpc) is 2.81. The van der Waals surface area contributed by atoms with Crippen LogP contribution in [-0.2, 0) is 0 Å². The van der Waals surface area contributed by atoms with E-state index in [9.17, 15) is 0 Å². The van der Waals surface area contributed by atoms with Crippen LogP contribution < -0.4 is 0 Å². The summed E-state index contributed by atoms with van der Waals surface area (Å²) in [5.74, 6) is 0. The minimum atomic E-state index is 0.848. The van der Waals surface area contributed by atoms with Crippen LogP contribution in [0, 0.1) is 0 Å². The zero-order valence-corrected chi connectivity index (χ0v) is 23.7. The van der Waals surface area contributed by atoms with E-state index in [-0.39, 0.29) is 0 Å². The van der Waals surface area contributed by atoms with Crippen molar-refractivity contribution in [3.63, 3.8) is 0 Å². The lowest BCUT2D eigenvalue weighted by atomic mass is 10.0. The quantitative estimate of drug-likeness (QED) is 0.0903. The second-order valence-electron chi connectivity index (χ2n) is 10.9. The minimum absolute atomic E-state index is 0.848. The Morgan fingerprint density at radius 1 is 0.406 bits per heavy atom. The van der Waals surface area contributed by atoms with E-state index < -0.39 is 0 Å². The Labute approximate surface area is 206 Å². The van der Waals surface area contributed by atoms with E-state index >= 15 is 0 Å². The van der Waals surface area contributed by atoms with Gasteiger partial charge in [0.15, 0.2) is 0 Å². The predicted octanol–water partition coefficient (Wildman–Crippen LogP) is 10.9. The monoisotopic (exact) mass is 453 g/mol. The highest BCUT2D eigenvalue weighted by atomic mass is 15.4. The molecular weight excluding hydrogens is 386 g/mol. The Bertz CT molecular complexity index is 346. The van der Waals surface area contributed by atoms with Gasteiger partial charge in [0.25, 0.3) is 0 Å².